The van der Waals surface area contributed by atoms with Crippen LogP contribution in [0, 0.1) is 24.7 Å². The van der Waals surface area contributed by atoms with Gasteiger partial charge in [-0.3, -0.25) is 19.2 Å². The fourth-order valence-corrected chi connectivity index (χ4v) is 8.23. The maximum absolute atomic E-state index is 14.1. The Labute approximate surface area is 269 Å². The lowest BCUT2D eigenvalue weighted by molar-refractivity contribution is -0.139. The number of amides is 3. The Balaban J connectivity index is 1.04. The minimum atomic E-state index is -0.698. The molecule has 0 saturated carbocycles. The van der Waals surface area contributed by atoms with Gasteiger partial charge in [0.2, 0.25) is 17.7 Å². The van der Waals surface area contributed by atoms with Crippen LogP contribution < -0.4 is 14.5 Å². The predicted octanol–water partition coefficient (Wildman–Crippen LogP) is 6.66. The van der Waals surface area contributed by atoms with E-state index < -0.39 is 23.7 Å². The highest BCUT2D eigenvalue weighted by Gasteiger charge is 2.61. The van der Waals surface area contributed by atoms with Crippen LogP contribution >= 0.6 is 23.2 Å². The third-order valence-corrected chi connectivity index (χ3v) is 10.3. The number of hydrogen-bond acceptors (Lipinski definition) is 5. The van der Waals surface area contributed by atoms with Crippen LogP contribution in [0.2, 0.25) is 10.0 Å². The normalized spacial score (nSPS) is 24.5. The second-order valence-electron chi connectivity index (χ2n) is 12.1. The van der Waals surface area contributed by atoms with Gasteiger partial charge in [0.25, 0.3) is 0 Å². The third-order valence-electron chi connectivity index (χ3n) is 9.73. The molecule has 0 unspecified atom stereocenters. The number of aryl methyl sites for hydroxylation is 1. The van der Waals surface area contributed by atoms with Gasteiger partial charge in [-0.1, -0.05) is 71.7 Å². The molecule has 9 rings (SSSR count). The first-order chi connectivity index (χ1) is 21.7. The lowest BCUT2D eigenvalue weighted by Crippen LogP contribution is -2.41. The second kappa shape index (κ2) is 10.3. The van der Waals surface area contributed by atoms with Crippen molar-refractivity contribution < 1.29 is 23.9 Å². The SMILES string of the molecule is Cc1cc(OC(=O)[C@@H]2CC(=O)N(c3cc(Cl)ccc3Cl)C2)ccc1N1C(=O)[C@@H]2C3c4ccccc4C(c4ccccc43)[C@H]2C1=O. The van der Waals surface area contributed by atoms with Crippen molar-refractivity contribution in [2.45, 2.75) is 25.2 Å². The van der Waals surface area contributed by atoms with Gasteiger partial charge in [0.15, 0.2) is 0 Å². The van der Waals surface area contributed by atoms with E-state index in [4.69, 9.17) is 27.9 Å². The number of ether oxygens (including phenoxy) is 1. The van der Waals surface area contributed by atoms with Gasteiger partial charge in [-0.25, -0.2) is 4.90 Å². The minimum Gasteiger partial charge on any atom is -0.426 e. The van der Waals surface area contributed by atoms with E-state index in [0.717, 1.165) is 22.3 Å². The topological polar surface area (TPSA) is 84.0 Å². The summed E-state index contributed by atoms with van der Waals surface area (Å²) in [6.07, 6.45) is -0.0224. The average Bonchev–Trinajstić information content (AvgIpc) is 3.55. The molecule has 45 heavy (non-hydrogen) atoms. The molecule has 2 heterocycles. The molecule has 0 N–H and O–H groups in total. The van der Waals surface area contributed by atoms with Crippen LogP contribution in [0.25, 0.3) is 0 Å². The Morgan fingerprint density at radius 3 is 1.89 bits per heavy atom. The van der Waals surface area contributed by atoms with E-state index in [1.54, 1.807) is 43.3 Å². The number of hydrogen-bond donors (Lipinski definition) is 0. The molecule has 3 aliphatic carbocycles. The molecule has 9 heteroatoms. The molecule has 4 aromatic carbocycles. The zero-order valence-corrected chi connectivity index (χ0v) is 25.6. The summed E-state index contributed by atoms with van der Waals surface area (Å²) in [5.41, 5.74) is 6.02. The smallest absolute Gasteiger partial charge is 0.316 e. The molecule has 0 spiro atoms. The number of benzene rings is 4. The van der Waals surface area contributed by atoms with Crippen molar-refractivity contribution in [2.75, 3.05) is 16.3 Å². The molecular formula is C36H26Cl2N2O5. The fourth-order valence-electron chi connectivity index (χ4n) is 7.85. The van der Waals surface area contributed by atoms with E-state index in [9.17, 15) is 19.2 Å². The third kappa shape index (κ3) is 4.17. The van der Waals surface area contributed by atoms with Crippen molar-refractivity contribution in [2.24, 2.45) is 17.8 Å². The van der Waals surface area contributed by atoms with Crippen molar-refractivity contribution in [1.29, 1.82) is 0 Å². The summed E-state index contributed by atoms with van der Waals surface area (Å²) in [7, 11) is 0. The number of carbonyl (C=O) groups excluding carboxylic acids is 4. The molecule has 0 radical (unpaired) electrons. The maximum Gasteiger partial charge on any atom is 0.316 e. The van der Waals surface area contributed by atoms with Crippen molar-refractivity contribution in [3.63, 3.8) is 0 Å². The van der Waals surface area contributed by atoms with E-state index >= 15 is 0 Å². The zero-order valence-electron chi connectivity index (χ0n) is 24.1. The van der Waals surface area contributed by atoms with Crippen LogP contribution in [0.1, 0.15) is 46.1 Å². The van der Waals surface area contributed by atoms with Gasteiger partial charge in [0, 0.05) is 29.8 Å². The fraction of sp³-hybridized carbons (Fsp3) is 0.222. The molecule has 3 atom stereocenters. The van der Waals surface area contributed by atoms with Gasteiger partial charge < -0.3 is 9.64 Å². The van der Waals surface area contributed by atoms with Crippen LogP contribution in [0.5, 0.6) is 5.75 Å². The lowest BCUT2D eigenvalue weighted by Gasteiger charge is -2.45. The maximum atomic E-state index is 14.1. The first-order valence-corrected chi connectivity index (χ1v) is 15.6. The van der Waals surface area contributed by atoms with Crippen LogP contribution in [0.15, 0.2) is 84.9 Å². The quantitative estimate of drug-likeness (QED) is 0.142. The van der Waals surface area contributed by atoms with Gasteiger partial charge in [0.05, 0.1) is 34.2 Å². The standard InChI is InChI=1S/C36H26Cl2N2O5/c1-18-14-21(45-36(44)19-15-29(41)39(17-19)28-16-20(37)10-12-26(28)38)11-13-27(18)40-34(42)32-30-22-6-2-3-7-23(22)31(33(32)35(40)43)25-9-5-4-8-24(25)30/h2-14,16,19,30-33H,15,17H2,1H3/t19-,30?,31?,32-,33-/m1/s1. The van der Waals surface area contributed by atoms with Crippen LogP contribution in [-0.2, 0) is 19.2 Å². The Kier molecular flexibility index (Phi) is 6.41. The second-order valence-corrected chi connectivity index (χ2v) is 13.0. The first kappa shape index (κ1) is 28.0. The van der Waals surface area contributed by atoms with E-state index in [-0.39, 0.29) is 48.3 Å². The highest BCUT2D eigenvalue weighted by Crippen LogP contribution is 2.61. The predicted molar refractivity (Wildman–Crippen MR) is 170 cm³/mol. The van der Waals surface area contributed by atoms with Crippen molar-refractivity contribution >= 4 is 58.3 Å². The van der Waals surface area contributed by atoms with Crippen molar-refractivity contribution in [1.82, 2.24) is 0 Å². The summed E-state index contributed by atoms with van der Waals surface area (Å²) in [6, 6.07) is 26.0. The van der Waals surface area contributed by atoms with Crippen LogP contribution in [0.3, 0.4) is 0 Å². The van der Waals surface area contributed by atoms with Crippen LogP contribution in [0.4, 0.5) is 11.4 Å². The minimum absolute atomic E-state index is 0.0224. The molecule has 2 aliphatic heterocycles. The number of imide groups is 1. The highest BCUT2D eigenvalue weighted by atomic mass is 35.5. The molecule has 3 amide bonds. The largest absolute Gasteiger partial charge is 0.426 e. The van der Waals surface area contributed by atoms with Crippen molar-refractivity contribution in [3.05, 3.63) is 123 Å². The Bertz CT molecular complexity index is 1860. The van der Waals surface area contributed by atoms with Gasteiger partial charge in [-0.05, 0) is 71.1 Å². The zero-order chi connectivity index (χ0) is 31.1. The summed E-state index contributed by atoms with van der Waals surface area (Å²) >= 11 is 12.4. The van der Waals surface area contributed by atoms with E-state index in [1.807, 2.05) is 24.3 Å². The number of rotatable bonds is 4. The molecule has 2 saturated heterocycles. The first-order valence-electron chi connectivity index (χ1n) is 14.9. The molecule has 2 bridgehead atoms. The Morgan fingerprint density at radius 2 is 1.33 bits per heavy atom. The van der Waals surface area contributed by atoms with Gasteiger partial charge >= 0.3 is 5.97 Å². The Hall–Kier alpha value is -4.46. The lowest BCUT2D eigenvalue weighted by atomic mass is 9.55. The van der Waals surface area contributed by atoms with Crippen molar-refractivity contribution in [3.8, 4) is 5.75 Å². The summed E-state index contributed by atoms with van der Waals surface area (Å²) in [4.78, 5) is 56.9. The van der Waals surface area contributed by atoms with E-state index in [0.29, 0.717) is 27.0 Å². The van der Waals surface area contributed by atoms with Gasteiger partial charge in [-0.2, -0.15) is 0 Å². The molecule has 7 nitrogen and oxygen atoms in total. The number of carbonyl (C=O) groups is 4. The van der Waals surface area contributed by atoms with Crippen LogP contribution in [-0.4, -0.2) is 30.2 Å². The van der Waals surface area contributed by atoms with E-state index in [1.165, 1.54) is 9.80 Å². The van der Waals surface area contributed by atoms with E-state index in [2.05, 4.69) is 24.3 Å². The molecular weight excluding hydrogens is 611 g/mol. The summed E-state index contributed by atoms with van der Waals surface area (Å²) in [5, 5.41) is 0.791. The summed E-state index contributed by atoms with van der Waals surface area (Å²) < 4.78 is 5.70. The highest BCUT2D eigenvalue weighted by molar-refractivity contribution is 6.36. The van der Waals surface area contributed by atoms with Gasteiger partial charge in [0.1, 0.15) is 5.75 Å². The molecule has 2 fully saturated rings. The monoisotopic (exact) mass is 636 g/mol. The number of esters is 1. The molecule has 224 valence electrons. The summed E-state index contributed by atoms with van der Waals surface area (Å²) in [6.45, 7) is 1.90. The number of nitrogens with zero attached hydrogens (tertiary/aromatic N) is 2. The van der Waals surface area contributed by atoms with Gasteiger partial charge in [-0.15, -0.1) is 0 Å². The molecule has 0 aromatic heterocycles. The number of halogens is 2. The number of anilines is 2. The Morgan fingerprint density at radius 1 is 0.756 bits per heavy atom. The summed E-state index contributed by atoms with van der Waals surface area (Å²) in [5.74, 6) is -3.00. The molecule has 5 aliphatic rings. The molecule has 4 aromatic rings. The average molecular weight is 638 g/mol.